The van der Waals surface area contributed by atoms with Gasteiger partial charge in [0.05, 0.1) is 4.92 Å². The Morgan fingerprint density at radius 3 is 2.37 bits per heavy atom. The lowest BCUT2D eigenvalue weighted by Gasteiger charge is -2.10. The topological polar surface area (TPSA) is 96.3 Å². The second-order valence-electron chi connectivity index (χ2n) is 3.67. The largest absolute Gasteiger partial charge is 0.361 e. The molecular weight excluding hydrogens is 268 g/mol. The zero-order valence-corrected chi connectivity index (χ0v) is 11.1. The number of non-ortho nitro benzene ring substituents is 1. The molecule has 0 aliphatic rings. The van der Waals surface area contributed by atoms with Crippen LogP contribution >= 0.6 is 12.2 Å². The van der Waals surface area contributed by atoms with Gasteiger partial charge in [-0.2, -0.15) is 0 Å². The van der Waals surface area contributed by atoms with Crippen molar-refractivity contribution in [3.63, 3.8) is 0 Å². The highest BCUT2D eigenvalue weighted by molar-refractivity contribution is 7.80. The van der Waals surface area contributed by atoms with Gasteiger partial charge in [0, 0.05) is 37.8 Å². The fraction of sp³-hybridized carbons (Fsp3) is 0.273. The van der Waals surface area contributed by atoms with E-state index >= 15 is 0 Å². The molecule has 1 aromatic rings. The van der Waals surface area contributed by atoms with Crippen LogP contribution < -0.4 is 16.0 Å². The summed E-state index contributed by atoms with van der Waals surface area (Å²) in [5.41, 5.74) is 0.678. The third-order valence-electron chi connectivity index (χ3n) is 2.12. The zero-order chi connectivity index (χ0) is 14.3. The highest BCUT2D eigenvalue weighted by atomic mass is 32.1. The number of carbonyl (C=O) groups is 1. The summed E-state index contributed by atoms with van der Waals surface area (Å²) in [6, 6.07) is 5.92. The number of nitrogens with one attached hydrogen (secondary N) is 3. The van der Waals surface area contributed by atoms with Gasteiger partial charge in [-0.1, -0.05) is 0 Å². The molecule has 0 aromatic heterocycles. The van der Waals surface area contributed by atoms with Crippen LogP contribution in [-0.4, -0.2) is 29.0 Å². The number of carbonyl (C=O) groups excluding carboxylic acids is 1. The first-order valence-electron chi connectivity index (χ1n) is 5.53. The second kappa shape index (κ2) is 7.27. The number of rotatable bonds is 5. The molecule has 1 amide bonds. The Kier molecular flexibility index (Phi) is 5.68. The number of thiocarbonyl (C=S) groups is 1. The SMILES string of the molecule is CC(=O)NCCNC(=S)Nc1ccc([N+](=O)[O-])cc1. The highest BCUT2D eigenvalue weighted by Gasteiger charge is 2.04. The summed E-state index contributed by atoms with van der Waals surface area (Å²) in [6.45, 7) is 2.41. The molecule has 7 nitrogen and oxygen atoms in total. The zero-order valence-electron chi connectivity index (χ0n) is 10.3. The van der Waals surface area contributed by atoms with E-state index in [2.05, 4.69) is 16.0 Å². The Hall–Kier alpha value is -2.22. The van der Waals surface area contributed by atoms with Crippen LogP contribution in [0.3, 0.4) is 0 Å². The molecule has 1 rings (SSSR count). The fourth-order valence-corrected chi connectivity index (χ4v) is 1.48. The summed E-state index contributed by atoms with van der Waals surface area (Å²) < 4.78 is 0. The van der Waals surface area contributed by atoms with Crippen molar-refractivity contribution < 1.29 is 9.72 Å². The number of nitro groups is 1. The minimum atomic E-state index is -0.465. The van der Waals surface area contributed by atoms with E-state index in [0.29, 0.717) is 23.9 Å². The second-order valence-corrected chi connectivity index (χ2v) is 4.08. The van der Waals surface area contributed by atoms with Gasteiger partial charge >= 0.3 is 0 Å². The number of benzene rings is 1. The van der Waals surface area contributed by atoms with E-state index in [0.717, 1.165) is 0 Å². The molecule has 1 aromatic carbocycles. The molecule has 0 aliphatic heterocycles. The molecule has 8 heteroatoms. The molecule has 0 saturated heterocycles. The third-order valence-corrected chi connectivity index (χ3v) is 2.37. The molecule has 0 unspecified atom stereocenters. The van der Waals surface area contributed by atoms with Crippen LogP contribution in [0, 0.1) is 10.1 Å². The van der Waals surface area contributed by atoms with E-state index in [-0.39, 0.29) is 11.6 Å². The van der Waals surface area contributed by atoms with Crippen molar-refractivity contribution in [2.75, 3.05) is 18.4 Å². The maximum absolute atomic E-state index is 10.6. The van der Waals surface area contributed by atoms with Crippen molar-refractivity contribution >= 4 is 34.6 Å². The number of nitro benzene ring substituents is 1. The lowest BCUT2D eigenvalue weighted by Crippen LogP contribution is -2.35. The molecular formula is C11H14N4O3S. The molecule has 0 fully saturated rings. The summed E-state index contributed by atoms with van der Waals surface area (Å²) in [5, 5.41) is 19.3. The van der Waals surface area contributed by atoms with Crippen molar-refractivity contribution in [2.45, 2.75) is 6.92 Å². The van der Waals surface area contributed by atoms with E-state index in [4.69, 9.17) is 12.2 Å². The van der Waals surface area contributed by atoms with Crippen molar-refractivity contribution in [1.29, 1.82) is 0 Å². The minimum absolute atomic E-state index is 0.0232. The monoisotopic (exact) mass is 282 g/mol. The quantitative estimate of drug-likeness (QED) is 0.323. The van der Waals surface area contributed by atoms with Crippen molar-refractivity contribution in [1.82, 2.24) is 10.6 Å². The van der Waals surface area contributed by atoms with Gasteiger partial charge in [-0.3, -0.25) is 14.9 Å². The summed E-state index contributed by atoms with van der Waals surface area (Å²) in [6.07, 6.45) is 0. The smallest absolute Gasteiger partial charge is 0.269 e. The molecule has 0 heterocycles. The van der Waals surface area contributed by atoms with Gasteiger partial charge in [0.2, 0.25) is 5.91 Å². The van der Waals surface area contributed by atoms with Crippen molar-refractivity contribution in [3.8, 4) is 0 Å². The van der Waals surface area contributed by atoms with Crippen LogP contribution in [0.5, 0.6) is 0 Å². The van der Waals surface area contributed by atoms with Gasteiger partial charge in [-0.15, -0.1) is 0 Å². The van der Waals surface area contributed by atoms with E-state index in [9.17, 15) is 14.9 Å². The Morgan fingerprint density at radius 1 is 1.26 bits per heavy atom. The predicted octanol–water partition coefficient (Wildman–Crippen LogP) is 1.02. The summed E-state index contributed by atoms with van der Waals surface area (Å²) >= 11 is 5.03. The van der Waals surface area contributed by atoms with Crippen LogP contribution in [0.1, 0.15) is 6.92 Å². The number of hydrogen-bond donors (Lipinski definition) is 3. The number of nitrogens with zero attached hydrogens (tertiary/aromatic N) is 1. The van der Waals surface area contributed by atoms with E-state index < -0.39 is 4.92 Å². The Labute approximate surface area is 115 Å². The van der Waals surface area contributed by atoms with E-state index in [1.54, 1.807) is 12.1 Å². The van der Waals surface area contributed by atoms with Gasteiger partial charge < -0.3 is 16.0 Å². The maximum Gasteiger partial charge on any atom is 0.269 e. The van der Waals surface area contributed by atoms with Gasteiger partial charge in [-0.05, 0) is 24.4 Å². The Bertz CT molecular complexity index is 475. The Balaban J connectivity index is 2.35. The standard InChI is InChI=1S/C11H14N4O3S/c1-8(16)12-6-7-13-11(19)14-9-2-4-10(5-3-9)15(17)18/h2-5H,6-7H2,1H3,(H,12,16)(H2,13,14,19). The van der Waals surface area contributed by atoms with Gasteiger partial charge in [0.1, 0.15) is 0 Å². The predicted molar refractivity (Wildman–Crippen MR) is 76.0 cm³/mol. The molecule has 0 aliphatic carbocycles. The van der Waals surface area contributed by atoms with Crippen LogP contribution in [-0.2, 0) is 4.79 Å². The molecule has 3 N–H and O–H groups in total. The number of anilines is 1. The average Bonchev–Trinajstić information content (AvgIpc) is 2.35. The molecule has 0 bridgehead atoms. The molecule has 0 atom stereocenters. The summed E-state index contributed by atoms with van der Waals surface area (Å²) in [7, 11) is 0. The molecule has 0 saturated carbocycles. The summed E-state index contributed by atoms with van der Waals surface area (Å²) in [5.74, 6) is -0.101. The maximum atomic E-state index is 10.6. The van der Waals surface area contributed by atoms with Crippen molar-refractivity contribution in [2.24, 2.45) is 0 Å². The minimum Gasteiger partial charge on any atom is -0.361 e. The summed E-state index contributed by atoms with van der Waals surface area (Å²) in [4.78, 5) is 20.6. The average molecular weight is 282 g/mol. The van der Waals surface area contributed by atoms with E-state index in [1.807, 2.05) is 0 Å². The first-order chi connectivity index (χ1) is 8.99. The van der Waals surface area contributed by atoms with Gasteiger partial charge in [0.25, 0.3) is 5.69 Å². The van der Waals surface area contributed by atoms with Crippen LogP contribution in [0.15, 0.2) is 24.3 Å². The van der Waals surface area contributed by atoms with E-state index in [1.165, 1.54) is 19.1 Å². The highest BCUT2D eigenvalue weighted by Crippen LogP contribution is 2.15. The molecule has 102 valence electrons. The van der Waals surface area contributed by atoms with Crippen LogP contribution in [0.4, 0.5) is 11.4 Å². The van der Waals surface area contributed by atoms with Crippen LogP contribution in [0.2, 0.25) is 0 Å². The normalized spacial score (nSPS) is 9.53. The first-order valence-corrected chi connectivity index (χ1v) is 5.93. The number of hydrogen-bond acceptors (Lipinski definition) is 4. The lowest BCUT2D eigenvalue weighted by atomic mass is 10.3. The van der Waals surface area contributed by atoms with Gasteiger partial charge in [-0.25, -0.2) is 0 Å². The molecule has 0 spiro atoms. The molecule has 0 radical (unpaired) electrons. The fourth-order valence-electron chi connectivity index (χ4n) is 1.26. The van der Waals surface area contributed by atoms with Crippen molar-refractivity contribution in [3.05, 3.63) is 34.4 Å². The Morgan fingerprint density at radius 2 is 1.84 bits per heavy atom. The number of amides is 1. The van der Waals surface area contributed by atoms with Crippen LogP contribution in [0.25, 0.3) is 0 Å². The lowest BCUT2D eigenvalue weighted by molar-refractivity contribution is -0.384. The molecule has 19 heavy (non-hydrogen) atoms. The third kappa shape index (κ3) is 5.77. The van der Waals surface area contributed by atoms with Gasteiger partial charge in [0.15, 0.2) is 5.11 Å². The first kappa shape index (κ1) is 14.8.